The van der Waals surface area contributed by atoms with Crippen molar-refractivity contribution in [3.8, 4) is 0 Å². The van der Waals surface area contributed by atoms with Gasteiger partial charge in [-0.1, -0.05) is 42.5 Å². The van der Waals surface area contributed by atoms with E-state index in [0.717, 1.165) is 5.56 Å². The van der Waals surface area contributed by atoms with Gasteiger partial charge in [-0.25, -0.2) is 4.79 Å². The Bertz CT molecular complexity index is 634. The molecule has 122 valence electrons. The SMILES string of the molecule is Nc1cccc(C(O)C(O)CNC(=O)OCc2ccccc2)c1. The van der Waals surface area contributed by atoms with Crippen LogP contribution in [0.5, 0.6) is 0 Å². The molecule has 0 aliphatic carbocycles. The molecule has 6 nitrogen and oxygen atoms in total. The molecule has 2 aromatic carbocycles. The maximum Gasteiger partial charge on any atom is 0.407 e. The highest BCUT2D eigenvalue weighted by molar-refractivity contribution is 5.67. The minimum absolute atomic E-state index is 0.135. The number of carbonyl (C=O) groups is 1. The molecule has 0 heterocycles. The number of carbonyl (C=O) groups excluding carboxylic acids is 1. The van der Waals surface area contributed by atoms with Gasteiger partial charge in [-0.15, -0.1) is 0 Å². The normalized spacial score (nSPS) is 13.1. The van der Waals surface area contributed by atoms with Crippen LogP contribution < -0.4 is 11.1 Å². The Balaban J connectivity index is 1.77. The summed E-state index contributed by atoms with van der Waals surface area (Å²) in [6.07, 6.45) is -2.97. The van der Waals surface area contributed by atoms with Gasteiger partial charge in [0.15, 0.2) is 0 Å². The molecule has 0 saturated heterocycles. The first-order valence-corrected chi connectivity index (χ1v) is 7.22. The molecule has 2 unspecified atom stereocenters. The zero-order chi connectivity index (χ0) is 16.7. The lowest BCUT2D eigenvalue weighted by Gasteiger charge is -2.19. The summed E-state index contributed by atoms with van der Waals surface area (Å²) in [5, 5.41) is 22.4. The molecule has 5 N–H and O–H groups in total. The first-order chi connectivity index (χ1) is 11.1. The molecular formula is C17H20N2O4. The number of hydrogen-bond donors (Lipinski definition) is 4. The van der Waals surface area contributed by atoms with E-state index in [0.29, 0.717) is 11.3 Å². The van der Waals surface area contributed by atoms with Gasteiger partial charge in [0.1, 0.15) is 18.8 Å². The van der Waals surface area contributed by atoms with E-state index in [1.54, 1.807) is 24.3 Å². The average molecular weight is 316 g/mol. The summed E-state index contributed by atoms with van der Waals surface area (Å²) in [5.74, 6) is 0. The molecule has 2 aromatic rings. The fourth-order valence-corrected chi connectivity index (χ4v) is 2.04. The van der Waals surface area contributed by atoms with Crippen molar-refractivity contribution in [3.05, 3.63) is 65.7 Å². The van der Waals surface area contributed by atoms with Crippen molar-refractivity contribution >= 4 is 11.8 Å². The highest BCUT2D eigenvalue weighted by atomic mass is 16.5. The summed E-state index contributed by atoms with van der Waals surface area (Å²) in [7, 11) is 0. The number of nitrogen functional groups attached to an aromatic ring is 1. The van der Waals surface area contributed by atoms with E-state index in [-0.39, 0.29) is 13.2 Å². The smallest absolute Gasteiger partial charge is 0.407 e. The molecular weight excluding hydrogens is 296 g/mol. The number of anilines is 1. The Hall–Kier alpha value is -2.57. The Kier molecular flexibility index (Phi) is 5.96. The number of benzene rings is 2. The van der Waals surface area contributed by atoms with Crippen molar-refractivity contribution in [2.24, 2.45) is 0 Å². The summed E-state index contributed by atoms with van der Waals surface area (Å²) in [4.78, 5) is 11.6. The highest BCUT2D eigenvalue weighted by Gasteiger charge is 2.19. The van der Waals surface area contributed by atoms with Crippen molar-refractivity contribution < 1.29 is 19.7 Å². The third kappa shape index (κ3) is 5.28. The molecule has 0 spiro atoms. The van der Waals surface area contributed by atoms with Crippen LogP contribution in [0.2, 0.25) is 0 Å². The highest BCUT2D eigenvalue weighted by Crippen LogP contribution is 2.18. The van der Waals surface area contributed by atoms with Gasteiger partial charge < -0.3 is 26.0 Å². The lowest BCUT2D eigenvalue weighted by Crippen LogP contribution is -2.35. The van der Waals surface area contributed by atoms with Gasteiger partial charge in [-0.2, -0.15) is 0 Å². The van der Waals surface area contributed by atoms with Crippen molar-refractivity contribution in [2.75, 3.05) is 12.3 Å². The third-order valence-corrected chi connectivity index (χ3v) is 3.28. The molecule has 6 heteroatoms. The van der Waals surface area contributed by atoms with Crippen LogP contribution in [0, 0.1) is 0 Å². The van der Waals surface area contributed by atoms with Gasteiger partial charge in [0.05, 0.1) is 0 Å². The van der Waals surface area contributed by atoms with E-state index < -0.39 is 18.3 Å². The predicted octanol–water partition coefficient (Wildman–Crippen LogP) is 1.59. The van der Waals surface area contributed by atoms with E-state index in [4.69, 9.17) is 10.5 Å². The number of alkyl carbamates (subject to hydrolysis) is 1. The topological polar surface area (TPSA) is 105 Å². The Morgan fingerprint density at radius 2 is 1.87 bits per heavy atom. The molecule has 0 aliphatic heterocycles. The molecule has 2 atom stereocenters. The van der Waals surface area contributed by atoms with Crippen molar-refractivity contribution in [3.63, 3.8) is 0 Å². The van der Waals surface area contributed by atoms with E-state index >= 15 is 0 Å². The number of nitrogens with two attached hydrogens (primary N) is 1. The number of aliphatic hydroxyl groups excluding tert-OH is 2. The quantitative estimate of drug-likeness (QED) is 0.606. The Morgan fingerprint density at radius 3 is 2.57 bits per heavy atom. The fourth-order valence-electron chi connectivity index (χ4n) is 2.04. The molecule has 0 aliphatic rings. The third-order valence-electron chi connectivity index (χ3n) is 3.28. The summed E-state index contributed by atoms with van der Waals surface area (Å²) >= 11 is 0. The first kappa shape index (κ1) is 16.8. The zero-order valence-electron chi connectivity index (χ0n) is 12.6. The van der Waals surface area contributed by atoms with E-state index in [2.05, 4.69) is 5.32 Å². The molecule has 0 saturated carbocycles. The number of amides is 1. The van der Waals surface area contributed by atoms with E-state index in [1.807, 2.05) is 30.3 Å². The first-order valence-electron chi connectivity index (χ1n) is 7.22. The van der Waals surface area contributed by atoms with Gasteiger partial charge in [0.25, 0.3) is 0 Å². The van der Waals surface area contributed by atoms with Crippen molar-refractivity contribution in [1.82, 2.24) is 5.32 Å². The van der Waals surface area contributed by atoms with Crippen LogP contribution in [-0.4, -0.2) is 29.0 Å². The Morgan fingerprint density at radius 1 is 1.13 bits per heavy atom. The van der Waals surface area contributed by atoms with Gasteiger partial charge >= 0.3 is 6.09 Å². The minimum Gasteiger partial charge on any atom is -0.445 e. The molecule has 0 aromatic heterocycles. The Labute approximate surface area is 134 Å². The fraction of sp³-hybridized carbons (Fsp3) is 0.235. The second kappa shape index (κ2) is 8.17. The summed E-state index contributed by atoms with van der Waals surface area (Å²) in [6.45, 7) is 0.00410. The van der Waals surface area contributed by atoms with Gasteiger partial charge in [-0.05, 0) is 23.3 Å². The molecule has 1 amide bonds. The minimum atomic E-state index is -1.17. The molecule has 0 bridgehead atoms. The number of ether oxygens (including phenoxy) is 1. The summed E-state index contributed by atoms with van der Waals surface area (Å²) < 4.78 is 5.02. The summed E-state index contributed by atoms with van der Waals surface area (Å²) in [6, 6.07) is 15.8. The van der Waals surface area contributed by atoms with E-state index in [1.165, 1.54) is 0 Å². The second-order valence-electron chi connectivity index (χ2n) is 5.12. The second-order valence-corrected chi connectivity index (χ2v) is 5.12. The maximum absolute atomic E-state index is 11.6. The number of rotatable bonds is 6. The molecule has 0 radical (unpaired) electrons. The van der Waals surface area contributed by atoms with Crippen LogP contribution in [-0.2, 0) is 11.3 Å². The number of hydrogen-bond acceptors (Lipinski definition) is 5. The van der Waals surface area contributed by atoms with Gasteiger partial charge in [0, 0.05) is 12.2 Å². The largest absolute Gasteiger partial charge is 0.445 e. The summed E-state index contributed by atoms with van der Waals surface area (Å²) in [5.41, 5.74) is 7.47. The predicted molar refractivity (Wildman–Crippen MR) is 86.5 cm³/mol. The van der Waals surface area contributed by atoms with Crippen molar-refractivity contribution in [2.45, 2.75) is 18.8 Å². The van der Waals surface area contributed by atoms with Crippen LogP contribution in [0.15, 0.2) is 54.6 Å². The lowest BCUT2D eigenvalue weighted by molar-refractivity contribution is 0.0184. The van der Waals surface area contributed by atoms with Gasteiger partial charge in [-0.3, -0.25) is 0 Å². The van der Waals surface area contributed by atoms with Crippen LogP contribution >= 0.6 is 0 Å². The zero-order valence-corrected chi connectivity index (χ0v) is 12.6. The monoisotopic (exact) mass is 316 g/mol. The van der Waals surface area contributed by atoms with Crippen LogP contribution in [0.25, 0.3) is 0 Å². The molecule has 0 fully saturated rings. The van der Waals surface area contributed by atoms with Crippen LogP contribution in [0.1, 0.15) is 17.2 Å². The number of nitrogens with one attached hydrogen (secondary N) is 1. The average Bonchev–Trinajstić information content (AvgIpc) is 2.58. The number of aliphatic hydroxyl groups is 2. The molecule has 23 heavy (non-hydrogen) atoms. The van der Waals surface area contributed by atoms with Crippen LogP contribution in [0.3, 0.4) is 0 Å². The van der Waals surface area contributed by atoms with E-state index in [9.17, 15) is 15.0 Å². The van der Waals surface area contributed by atoms with Gasteiger partial charge in [0.2, 0.25) is 0 Å². The van der Waals surface area contributed by atoms with Crippen molar-refractivity contribution in [1.29, 1.82) is 0 Å². The molecule has 2 rings (SSSR count). The standard InChI is InChI=1S/C17H20N2O4/c18-14-8-4-7-13(9-14)16(21)15(20)10-19-17(22)23-11-12-5-2-1-3-6-12/h1-9,15-16,20-21H,10-11,18H2,(H,19,22). The maximum atomic E-state index is 11.6. The van der Waals surface area contributed by atoms with Crippen LogP contribution in [0.4, 0.5) is 10.5 Å². The lowest BCUT2D eigenvalue weighted by atomic mass is 10.0.